The number of furan rings is 1. The lowest BCUT2D eigenvalue weighted by Crippen LogP contribution is -2.50. The van der Waals surface area contributed by atoms with Crippen LogP contribution in [0.2, 0.25) is 0 Å². The lowest BCUT2D eigenvalue weighted by molar-refractivity contribution is -0.127. The van der Waals surface area contributed by atoms with Gasteiger partial charge in [0.15, 0.2) is 0 Å². The number of hydrogen-bond acceptors (Lipinski definition) is 6. The van der Waals surface area contributed by atoms with Gasteiger partial charge in [0.05, 0.1) is 26.6 Å². The van der Waals surface area contributed by atoms with Crippen LogP contribution in [0.25, 0.3) is 27.7 Å². The molecule has 0 unspecified atom stereocenters. The lowest BCUT2D eigenvalue weighted by atomic mass is 9.99. The molecule has 190 valence electrons. The zero-order valence-corrected chi connectivity index (χ0v) is 21.2. The minimum absolute atomic E-state index is 0.0984. The molecule has 0 atom stereocenters. The Morgan fingerprint density at radius 3 is 2.47 bits per heavy atom. The van der Waals surface area contributed by atoms with Gasteiger partial charge < -0.3 is 28.4 Å². The normalized spacial score (nSPS) is 14.2. The molecule has 2 heterocycles. The third-order valence-corrected chi connectivity index (χ3v) is 6.24. The second-order valence-corrected chi connectivity index (χ2v) is 8.50. The Labute approximate surface area is 211 Å². The SMILES string of the molecule is CCOC(=O)N1CCN(C(=O)/C=C(\C)c2cc3c(-c4cccc(OC)c4)coc3cc2OCC)CC1. The van der Waals surface area contributed by atoms with Crippen LogP contribution in [0.1, 0.15) is 26.3 Å². The number of piperazine rings is 1. The molecule has 0 bridgehead atoms. The third-order valence-electron chi connectivity index (χ3n) is 6.24. The Morgan fingerprint density at radius 1 is 1.03 bits per heavy atom. The van der Waals surface area contributed by atoms with E-state index in [0.29, 0.717) is 50.7 Å². The molecule has 0 N–H and O–H groups in total. The van der Waals surface area contributed by atoms with E-state index >= 15 is 0 Å². The van der Waals surface area contributed by atoms with E-state index in [-0.39, 0.29) is 12.0 Å². The number of nitrogens with zero attached hydrogens (tertiary/aromatic N) is 2. The Balaban J connectivity index is 1.61. The van der Waals surface area contributed by atoms with Crippen LogP contribution in [-0.4, -0.2) is 68.3 Å². The van der Waals surface area contributed by atoms with Crippen LogP contribution in [0, 0.1) is 0 Å². The first kappa shape index (κ1) is 25.2. The number of hydrogen-bond donors (Lipinski definition) is 0. The maximum Gasteiger partial charge on any atom is 0.409 e. The van der Waals surface area contributed by atoms with Crippen molar-refractivity contribution in [2.75, 3.05) is 46.5 Å². The van der Waals surface area contributed by atoms with Gasteiger partial charge in [-0.15, -0.1) is 0 Å². The summed E-state index contributed by atoms with van der Waals surface area (Å²) in [5.74, 6) is 1.32. The Kier molecular flexibility index (Phi) is 7.83. The highest BCUT2D eigenvalue weighted by Crippen LogP contribution is 2.38. The molecule has 2 aromatic carbocycles. The molecule has 2 amide bonds. The number of fused-ring (bicyclic) bond motifs is 1. The van der Waals surface area contributed by atoms with Crippen molar-refractivity contribution in [1.29, 1.82) is 0 Å². The monoisotopic (exact) mass is 492 g/mol. The summed E-state index contributed by atoms with van der Waals surface area (Å²) in [6.45, 7) is 8.25. The quantitative estimate of drug-likeness (QED) is 0.421. The van der Waals surface area contributed by atoms with Gasteiger partial charge in [-0.1, -0.05) is 12.1 Å². The van der Waals surface area contributed by atoms with Gasteiger partial charge in [0.25, 0.3) is 0 Å². The van der Waals surface area contributed by atoms with E-state index < -0.39 is 0 Å². The number of benzene rings is 2. The zero-order chi connectivity index (χ0) is 25.7. The van der Waals surface area contributed by atoms with Crippen molar-refractivity contribution >= 4 is 28.5 Å². The molecule has 3 aromatic rings. The van der Waals surface area contributed by atoms with Crippen molar-refractivity contribution in [3.63, 3.8) is 0 Å². The minimum Gasteiger partial charge on any atom is -0.497 e. The van der Waals surface area contributed by atoms with Crippen molar-refractivity contribution in [3.8, 4) is 22.6 Å². The van der Waals surface area contributed by atoms with E-state index in [2.05, 4.69) is 0 Å². The van der Waals surface area contributed by atoms with E-state index in [1.165, 1.54) is 0 Å². The van der Waals surface area contributed by atoms with Gasteiger partial charge in [0.1, 0.15) is 17.1 Å². The Morgan fingerprint density at radius 2 is 1.78 bits per heavy atom. The van der Waals surface area contributed by atoms with Crippen LogP contribution < -0.4 is 9.47 Å². The molecule has 8 nitrogen and oxygen atoms in total. The van der Waals surface area contributed by atoms with Crippen molar-refractivity contribution in [2.24, 2.45) is 0 Å². The first-order chi connectivity index (χ1) is 17.4. The molecule has 0 saturated carbocycles. The van der Waals surface area contributed by atoms with Crippen LogP contribution in [0.4, 0.5) is 4.79 Å². The highest BCUT2D eigenvalue weighted by molar-refractivity contribution is 6.00. The van der Waals surface area contributed by atoms with E-state index in [1.807, 2.05) is 50.2 Å². The maximum absolute atomic E-state index is 13.1. The summed E-state index contributed by atoms with van der Waals surface area (Å²) >= 11 is 0. The summed E-state index contributed by atoms with van der Waals surface area (Å²) in [4.78, 5) is 28.4. The zero-order valence-electron chi connectivity index (χ0n) is 21.2. The molecule has 1 fully saturated rings. The van der Waals surface area contributed by atoms with Crippen molar-refractivity contribution in [3.05, 3.63) is 54.3 Å². The first-order valence-corrected chi connectivity index (χ1v) is 12.2. The number of rotatable bonds is 7. The van der Waals surface area contributed by atoms with E-state index in [4.69, 9.17) is 18.6 Å². The lowest BCUT2D eigenvalue weighted by Gasteiger charge is -2.33. The van der Waals surface area contributed by atoms with Gasteiger partial charge in [0, 0.05) is 54.8 Å². The van der Waals surface area contributed by atoms with Gasteiger partial charge >= 0.3 is 6.09 Å². The average molecular weight is 493 g/mol. The van der Waals surface area contributed by atoms with Gasteiger partial charge in [0.2, 0.25) is 5.91 Å². The number of ether oxygens (including phenoxy) is 3. The predicted molar refractivity (Wildman–Crippen MR) is 138 cm³/mol. The van der Waals surface area contributed by atoms with Crippen molar-refractivity contribution < 1.29 is 28.2 Å². The van der Waals surface area contributed by atoms with Gasteiger partial charge in [-0.25, -0.2) is 4.79 Å². The number of allylic oxidation sites excluding steroid dienone is 1. The van der Waals surface area contributed by atoms with Gasteiger partial charge in [-0.2, -0.15) is 0 Å². The highest BCUT2D eigenvalue weighted by Gasteiger charge is 2.24. The summed E-state index contributed by atoms with van der Waals surface area (Å²) in [5.41, 5.74) is 4.22. The van der Waals surface area contributed by atoms with E-state index in [1.54, 1.807) is 36.2 Å². The van der Waals surface area contributed by atoms with Crippen LogP contribution in [0.3, 0.4) is 0 Å². The smallest absolute Gasteiger partial charge is 0.409 e. The van der Waals surface area contributed by atoms with Crippen LogP contribution in [0.15, 0.2) is 53.2 Å². The molecule has 1 aliphatic heterocycles. The number of methoxy groups -OCH3 is 1. The molecular formula is C28H32N2O6. The standard InChI is InChI=1S/C28H32N2O6/c1-5-34-25-17-26-23(24(18-36-26)20-8-7-9-21(15-20)33-4)16-22(25)19(3)14-27(31)29-10-12-30(13-11-29)28(32)35-6-2/h7-9,14-18H,5-6,10-13H2,1-4H3/b19-14+. The van der Waals surface area contributed by atoms with E-state index in [9.17, 15) is 9.59 Å². The minimum atomic E-state index is -0.335. The number of carbonyl (C=O) groups is 2. The summed E-state index contributed by atoms with van der Waals surface area (Å²) in [5, 5.41) is 0.921. The van der Waals surface area contributed by atoms with E-state index in [0.717, 1.165) is 33.4 Å². The second kappa shape index (κ2) is 11.2. The predicted octanol–water partition coefficient (Wildman–Crippen LogP) is 5.21. The molecule has 1 aromatic heterocycles. The first-order valence-electron chi connectivity index (χ1n) is 12.2. The fourth-order valence-electron chi connectivity index (χ4n) is 4.33. The van der Waals surface area contributed by atoms with Crippen LogP contribution in [0.5, 0.6) is 11.5 Å². The molecule has 0 spiro atoms. The highest BCUT2D eigenvalue weighted by atomic mass is 16.6. The molecule has 1 aliphatic rings. The Bertz CT molecular complexity index is 1270. The summed E-state index contributed by atoms with van der Waals surface area (Å²) in [7, 11) is 1.64. The molecule has 0 radical (unpaired) electrons. The van der Waals surface area contributed by atoms with Crippen molar-refractivity contribution in [1.82, 2.24) is 9.80 Å². The summed E-state index contributed by atoms with van der Waals surface area (Å²) in [6.07, 6.45) is 3.03. The third kappa shape index (κ3) is 5.32. The molecule has 4 rings (SSSR count). The number of carbonyl (C=O) groups excluding carboxylic acids is 2. The van der Waals surface area contributed by atoms with Gasteiger partial charge in [-0.3, -0.25) is 4.79 Å². The van der Waals surface area contributed by atoms with Crippen LogP contribution in [-0.2, 0) is 9.53 Å². The molecule has 1 saturated heterocycles. The maximum atomic E-state index is 13.1. The molecule has 36 heavy (non-hydrogen) atoms. The topological polar surface area (TPSA) is 81.5 Å². The Hall–Kier alpha value is -3.94. The second-order valence-electron chi connectivity index (χ2n) is 8.50. The number of amides is 2. The fraction of sp³-hybridized carbons (Fsp3) is 0.357. The summed E-state index contributed by atoms with van der Waals surface area (Å²) < 4.78 is 22.2. The molecular weight excluding hydrogens is 460 g/mol. The van der Waals surface area contributed by atoms with Gasteiger partial charge in [-0.05, 0) is 50.1 Å². The van der Waals surface area contributed by atoms with Crippen LogP contribution >= 0.6 is 0 Å². The largest absolute Gasteiger partial charge is 0.497 e. The molecule has 0 aliphatic carbocycles. The fourth-order valence-corrected chi connectivity index (χ4v) is 4.33. The summed E-state index contributed by atoms with van der Waals surface area (Å²) in [6, 6.07) is 11.7. The van der Waals surface area contributed by atoms with Crippen molar-refractivity contribution in [2.45, 2.75) is 20.8 Å². The average Bonchev–Trinajstić information content (AvgIpc) is 3.31. The molecule has 8 heteroatoms.